The van der Waals surface area contributed by atoms with Gasteiger partial charge >= 0.3 is 0 Å². The molecule has 0 atom stereocenters. The predicted molar refractivity (Wildman–Crippen MR) is 95.3 cm³/mol. The molecule has 6 heteroatoms. The summed E-state index contributed by atoms with van der Waals surface area (Å²) in [6.07, 6.45) is 0. The van der Waals surface area contributed by atoms with E-state index in [1.807, 2.05) is 13.8 Å². The number of ether oxygens (including phenoxy) is 2. The third-order valence-corrected chi connectivity index (χ3v) is 3.44. The van der Waals surface area contributed by atoms with E-state index in [0.29, 0.717) is 47.5 Å². The Morgan fingerprint density at radius 3 is 1.52 bits per heavy atom. The van der Waals surface area contributed by atoms with E-state index >= 15 is 0 Å². The highest BCUT2D eigenvalue weighted by atomic mass is 16.5. The van der Waals surface area contributed by atoms with Crippen molar-refractivity contribution in [1.29, 1.82) is 0 Å². The Bertz CT molecular complexity index is 629. The average molecular weight is 316 g/mol. The molecule has 6 nitrogen and oxygen atoms in total. The summed E-state index contributed by atoms with van der Waals surface area (Å²) in [7, 11) is 0. The SMILES string of the molecule is CC(C)(COc1cccc(N)c1N)COc1cccc(N)c1N. The molecule has 2 aromatic rings. The van der Waals surface area contributed by atoms with E-state index in [2.05, 4.69) is 0 Å². The molecular weight excluding hydrogens is 292 g/mol. The van der Waals surface area contributed by atoms with Crippen LogP contribution in [0.25, 0.3) is 0 Å². The van der Waals surface area contributed by atoms with Gasteiger partial charge in [-0.1, -0.05) is 26.0 Å². The van der Waals surface area contributed by atoms with Crippen molar-refractivity contribution in [2.45, 2.75) is 13.8 Å². The van der Waals surface area contributed by atoms with Crippen molar-refractivity contribution < 1.29 is 9.47 Å². The predicted octanol–water partition coefficient (Wildman–Crippen LogP) is 2.50. The van der Waals surface area contributed by atoms with Crippen LogP contribution in [0, 0.1) is 5.41 Å². The molecule has 0 aromatic heterocycles. The number of benzene rings is 2. The number of anilines is 4. The summed E-state index contributed by atoms with van der Waals surface area (Å²) in [6, 6.07) is 10.7. The van der Waals surface area contributed by atoms with E-state index < -0.39 is 0 Å². The minimum atomic E-state index is -0.256. The second kappa shape index (κ2) is 6.56. The van der Waals surface area contributed by atoms with E-state index in [9.17, 15) is 0 Å². The molecule has 0 amide bonds. The molecule has 0 saturated carbocycles. The van der Waals surface area contributed by atoms with Gasteiger partial charge in [-0.15, -0.1) is 0 Å². The molecule has 2 rings (SSSR count). The molecular formula is C17H24N4O2. The molecule has 0 saturated heterocycles. The maximum Gasteiger partial charge on any atom is 0.144 e. The fraction of sp³-hybridized carbons (Fsp3) is 0.294. The first kappa shape index (κ1) is 16.6. The third-order valence-electron chi connectivity index (χ3n) is 3.44. The third kappa shape index (κ3) is 4.12. The highest BCUT2D eigenvalue weighted by Crippen LogP contribution is 2.31. The average Bonchev–Trinajstić information content (AvgIpc) is 2.50. The van der Waals surface area contributed by atoms with Gasteiger partial charge in [0.25, 0.3) is 0 Å². The van der Waals surface area contributed by atoms with Gasteiger partial charge in [0.05, 0.1) is 36.0 Å². The molecule has 0 radical (unpaired) electrons. The van der Waals surface area contributed by atoms with Crippen molar-refractivity contribution in [3.63, 3.8) is 0 Å². The second-order valence-corrected chi connectivity index (χ2v) is 6.26. The molecule has 0 bridgehead atoms. The number of nitrogen functional groups attached to an aromatic ring is 4. The number of rotatable bonds is 6. The quantitative estimate of drug-likeness (QED) is 0.607. The molecule has 124 valence electrons. The highest BCUT2D eigenvalue weighted by molar-refractivity contribution is 5.71. The Hall–Kier alpha value is -2.76. The van der Waals surface area contributed by atoms with Gasteiger partial charge in [0, 0.05) is 5.41 Å². The first-order chi connectivity index (χ1) is 10.8. The molecule has 0 aliphatic carbocycles. The Kier molecular flexibility index (Phi) is 4.74. The molecule has 23 heavy (non-hydrogen) atoms. The highest BCUT2D eigenvalue weighted by Gasteiger charge is 2.21. The van der Waals surface area contributed by atoms with E-state index in [1.54, 1.807) is 36.4 Å². The van der Waals surface area contributed by atoms with Crippen LogP contribution in [0.3, 0.4) is 0 Å². The lowest BCUT2D eigenvalue weighted by Gasteiger charge is -2.26. The minimum Gasteiger partial charge on any atom is -0.491 e. The Balaban J connectivity index is 1.96. The van der Waals surface area contributed by atoms with Gasteiger partial charge in [-0.2, -0.15) is 0 Å². The number of nitrogens with two attached hydrogens (primary N) is 4. The lowest BCUT2D eigenvalue weighted by molar-refractivity contribution is 0.111. The van der Waals surface area contributed by atoms with Crippen molar-refractivity contribution in [2.75, 3.05) is 36.1 Å². The van der Waals surface area contributed by atoms with Crippen LogP contribution >= 0.6 is 0 Å². The topological polar surface area (TPSA) is 123 Å². The summed E-state index contributed by atoms with van der Waals surface area (Å²) >= 11 is 0. The van der Waals surface area contributed by atoms with Crippen LogP contribution in [0.1, 0.15) is 13.8 Å². The summed E-state index contributed by atoms with van der Waals surface area (Å²) < 4.78 is 11.6. The zero-order chi connectivity index (χ0) is 17.0. The Morgan fingerprint density at radius 2 is 1.13 bits per heavy atom. The van der Waals surface area contributed by atoms with Gasteiger partial charge in [0.15, 0.2) is 0 Å². The Morgan fingerprint density at radius 1 is 0.739 bits per heavy atom. The zero-order valence-corrected chi connectivity index (χ0v) is 13.5. The summed E-state index contributed by atoms with van der Waals surface area (Å²) in [5.74, 6) is 1.14. The van der Waals surface area contributed by atoms with Crippen LogP contribution in [0.2, 0.25) is 0 Å². The summed E-state index contributed by atoms with van der Waals surface area (Å²) in [5.41, 5.74) is 25.0. The van der Waals surface area contributed by atoms with Crippen LogP contribution in [0.4, 0.5) is 22.7 Å². The maximum absolute atomic E-state index is 5.90. The first-order valence-electron chi connectivity index (χ1n) is 7.34. The molecule has 0 heterocycles. The van der Waals surface area contributed by atoms with Crippen molar-refractivity contribution in [3.05, 3.63) is 36.4 Å². The molecule has 0 aliphatic heterocycles. The van der Waals surface area contributed by atoms with Gasteiger partial charge in [-0.05, 0) is 24.3 Å². The van der Waals surface area contributed by atoms with Crippen LogP contribution in [0.5, 0.6) is 11.5 Å². The smallest absolute Gasteiger partial charge is 0.144 e. The van der Waals surface area contributed by atoms with Gasteiger partial charge in [0.2, 0.25) is 0 Å². The largest absolute Gasteiger partial charge is 0.491 e. The van der Waals surface area contributed by atoms with E-state index in [4.69, 9.17) is 32.4 Å². The van der Waals surface area contributed by atoms with Gasteiger partial charge in [-0.3, -0.25) is 0 Å². The van der Waals surface area contributed by atoms with Crippen LogP contribution < -0.4 is 32.4 Å². The van der Waals surface area contributed by atoms with E-state index in [-0.39, 0.29) is 5.41 Å². The number of para-hydroxylation sites is 2. The van der Waals surface area contributed by atoms with Gasteiger partial charge in [0.1, 0.15) is 11.5 Å². The molecule has 0 fully saturated rings. The van der Waals surface area contributed by atoms with Crippen molar-refractivity contribution in [2.24, 2.45) is 5.41 Å². The minimum absolute atomic E-state index is 0.256. The zero-order valence-electron chi connectivity index (χ0n) is 13.5. The summed E-state index contributed by atoms with van der Waals surface area (Å²) in [4.78, 5) is 0. The molecule has 2 aromatic carbocycles. The summed E-state index contributed by atoms with van der Waals surface area (Å²) in [6.45, 7) is 4.89. The normalized spacial score (nSPS) is 11.2. The van der Waals surface area contributed by atoms with E-state index in [1.165, 1.54) is 0 Å². The summed E-state index contributed by atoms with van der Waals surface area (Å²) in [5, 5.41) is 0. The first-order valence-corrected chi connectivity index (χ1v) is 7.34. The standard InChI is InChI=1S/C17H24N4O2/c1-17(2,9-22-13-7-3-5-11(18)15(13)20)10-23-14-8-4-6-12(19)16(14)21/h3-8H,9-10,18-21H2,1-2H3. The van der Waals surface area contributed by atoms with Crippen molar-refractivity contribution in [3.8, 4) is 11.5 Å². The van der Waals surface area contributed by atoms with Gasteiger partial charge < -0.3 is 32.4 Å². The maximum atomic E-state index is 5.90. The lowest BCUT2D eigenvalue weighted by Crippen LogP contribution is -2.29. The lowest BCUT2D eigenvalue weighted by atomic mass is 9.96. The van der Waals surface area contributed by atoms with Crippen molar-refractivity contribution in [1.82, 2.24) is 0 Å². The number of hydrogen-bond acceptors (Lipinski definition) is 6. The fourth-order valence-corrected chi connectivity index (χ4v) is 1.96. The monoisotopic (exact) mass is 316 g/mol. The van der Waals surface area contributed by atoms with Crippen molar-refractivity contribution >= 4 is 22.7 Å². The van der Waals surface area contributed by atoms with Crippen LogP contribution in [0.15, 0.2) is 36.4 Å². The fourth-order valence-electron chi connectivity index (χ4n) is 1.96. The second-order valence-electron chi connectivity index (χ2n) is 6.26. The van der Waals surface area contributed by atoms with E-state index in [0.717, 1.165) is 0 Å². The molecule has 0 unspecified atom stereocenters. The molecule has 8 N–H and O–H groups in total. The number of hydrogen-bond donors (Lipinski definition) is 4. The molecule has 0 spiro atoms. The van der Waals surface area contributed by atoms with Crippen LogP contribution in [-0.4, -0.2) is 13.2 Å². The van der Waals surface area contributed by atoms with Gasteiger partial charge in [-0.25, -0.2) is 0 Å². The van der Waals surface area contributed by atoms with Crippen LogP contribution in [-0.2, 0) is 0 Å². The Labute approximate surface area is 136 Å². The molecule has 0 aliphatic rings.